The molecule has 0 saturated heterocycles. The Morgan fingerprint density at radius 2 is 1.74 bits per heavy atom. The fourth-order valence-electron chi connectivity index (χ4n) is 4.87. The first-order chi connectivity index (χ1) is 16.1. The van der Waals surface area contributed by atoms with Crippen LogP contribution in [0.25, 0.3) is 21.2 Å². The van der Waals surface area contributed by atoms with Gasteiger partial charge in [0.1, 0.15) is 4.88 Å². The van der Waals surface area contributed by atoms with E-state index < -0.39 is 15.6 Å². The van der Waals surface area contributed by atoms with Gasteiger partial charge < -0.3 is 4.74 Å². The van der Waals surface area contributed by atoms with E-state index in [2.05, 4.69) is 4.72 Å². The molecule has 0 bridgehead atoms. The first-order valence-electron chi connectivity index (χ1n) is 11.9. The zero-order chi connectivity index (χ0) is 24.5. The normalized spacial score (nSPS) is 15.5. The Labute approximate surface area is 206 Å². The molecular formula is C27H33NO4S2. The highest BCUT2D eigenvalue weighted by molar-refractivity contribution is 7.89. The lowest BCUT2D eigenvalue weighted by atomic mass is 9.84. The maximum Gasteiger partial charge on any atom is 0.348 e. The molecule has 34 heavy (non-hydrogen) atoms. The number of fused-ring (bicyclic) bond motifs is 1. The van der Waals surface area contributed by atoms with Crippen LogP contribution in [0.5, 0.6) is 0 Å². The van der Waals surface area contributed by atoms with Gasteiger partial charge in [-0.05, 0) is 61.8 Å². The zero-order valence-corrected chi connectivity index (χ0v) is 21.9. The summed E-state index contributed by atoms with van der Waals surface area (Å²) in [6.45, 7) is 5.50. The molecule has 2 aromatic carbocycles. The van der Waals surface area contributed by atoms with Gasteiger partial charge in [-0.1, -0.05) is 62.4 Å². The molecule has 0 radical (unpaired) electrons. The van der Waals surface area contributed by atoms with E-state index in [0.29, 0.717) is 16.2 Å². The lowest BCUT2D eigenvalue weighted by Gasteiger charge is -2.22. The molecule has 0 aliphatic heterocycles. The molecule has 0 atom stereocenters. The summed E-state index contributed by atoms with van der Waals surface area (Å²) < 4.78 is 34.2. The van der Waals surface area contributed by atoms with Gasteiger partial charge in [-0.2, -0.15) is 0 Å². The summed E-state index contributed by atoms with van der Waals surface area (Å²) in [5, 5.41) is 1.54. The van der Waals surface area contributed by atoms with Gasteiger partial charge in [0.15, 0.2) is 0 Å². The van der Waals surface area contributed by atoms with E-state index in [1.165, 1.54) is 50.6 Å². The molecule has 3 aromatic rings. The van der Waals surface area contributed by atoms with E-state index in [4.69, 9.17) is 4.74 Å². The predicted molar refractivity (Wildman–Crippen MR) is 139 cm³/mol. The van der Waals surface area contributed by atoms with Crippen LogP contribution in [-0.4, -0.2) is 27.0 Å². The van der Waals surface area contributed by atoms with E-state index >= 15 is 0 Å². The fraction of sp³-hybridized carbons (Fsp3) is 0.444. The highest BCUT2D eigenvalue weighted by Crippen LogP contribution is 2.41. The molecule has 0 amide bonds. The SMILES string of the molecule is COC(=O)c1cc(CC2CCCCC2)c(-c2ccc(S(=O)(=O)NC(C)(C)C)c3ccccc23)s1. The van der Waals surface area contributed by atoms with Crippen molar-refractivity contribution in [2.24, 2.45) is 5.92 Å². The van der Waals surface area contributed by atoms with Crippen LogP contribution in [0.3, 0.4) is 0 Å². The minimum atomic E-state index is -3.71. The summed E-state index contributed by atoms with van der Waals surface area (Å²) in [7, 11) is -2.31. The third-order valence-electron chi connectivity index (χ3n) is 6.29. The van der Waals surface area contributed by atoms with Gasteiger partial charge in [0, 0.05) is 15.8 Å². The number of hydrogen-bond acceptors (Lipinski definition) is 5. The van der Waals surface area contributed by atoms with Crippen LogP contribution in [0.1, 0.15) is 68.1 Å². The Hall–Kier alpha value is -2.22. The van der Waals surface area contributed by atoms with E-state index in [-0.39, 0.29) is 10.9 Å². The van der Waals surface area contributed by atoms with Crippen LogP contribution in [-0.2, 0) is 21.2 Å². The van der Waals surface area contributed by atoms with Gasteiger partial charge in [-0.3, -0.25) is 0 Å². The van der Waals surface area contributed by atoms with Crippen LogP contribution in [0.4, 0.5) is 0 Å². The van der Waals surface area contributed by atoms with E-state index in [1.54, 1.807) is 6.07 Å². The van der Waals surface area contributed by atoms with Crippen molar-refractivity contribution in [2.75, 3.05) is 7.11 Å². The van der Waals surface area contributed by atoms with E-state index in [1.807, 2.05) is 57.2 Å². The van der Waals surface area contributed by atoms with Crippen molar-refractivity contribution in [3.63, 3.8) is 0 Å². The number of sulfonamides is 1. The third kappa shape index (κ3) is 5.37. The van der Waals surface area contributed by atoms with Crippen molar-refractivity contribution in [1.29, 1.82) is 0 Å². The van der Waals surface area contributed by atoms with Crippen molar-refractivity contribution in [2.45, 2.75) is 69.7 Å². The van der Waals surface area contributed by atoms with E-state index in [0.717, 1.165) is 27.8 Å². The number of esters is 1. The average molecular weight is 500 g/mol. The lowest BCUT2D eigenvalue weighted by molar-refractivity contribution is 0.0606. The number of thiophene rings is 1. The Bertz CT molecular complexity index is 1300. The number of carbonyl (C=O) groups excluding carboxylic acids is 1. The monoisotopic (exact) mass is 499 g/mol. The molecule has 1 saturated carbocycles. The molecular weight excluding hydrogens is 466 g/mol. The summed E-state index contributed by atoms with van der Waals surface area (Å²) in [4.78, 5) is 14.3. The second kappa shape index (κ2) is 9.80. The average Bonchev–Trinajstić information content (AvgIpc) is 3.20. The molecule has 1 N–H and O–H groups in total. The molecule has 1 aliphatic rings. The maximum atomic E-state index is 13.2. The molecule has 1 heterocycles. The highest BCUT2D eigenvalue weighted by Gasteiger charge is 2.26. The zero-order valence-electron chi connectivity index (χ0n) is 20.3. The van der Waals surface area contributed by atoms with Crippen LogP contribution < -0.4 is 4.72 Å². The van der Waals surface area contributed by atoms with Gasteiger partial charge in [-0.25, -0.2) is 17.9 Å². The molecule has 4 rings (SSSR count). The minimum Gasteiger partial charge on any atom is -0.465 e. The Morgan fingerprint density at radius 1 is 1.06 bits per heavy atom. The molecule has 182 valence electrons. The van der Waals surface area contributed by atoms with Gasteiger partial charge >= 0.3 is 5.97 Å². The summed E-state index contributed by atoms with van der Waals surface area (Å²) in [5.74, 6) is 0.272. The standard InChI is InChI=1S/C27H33NO4S2/c1-27(2,3)28-34(30,31)24-15-14-22(20-12-8-9-13-21(20)24)25-19(16-18-10-6-5-7-11-18)17-23(33-25)26(29)32-4/h8-9,12-15,17-18,28H,5-7,10-11,16H2,1-4H3. The molecule has 5 nitrogen and oxygen atoms in total. The topological polar surface area (TPSA) is 72.5 Å². The van der Waals surface area contributed by atoms with Gasteiger partial charge in [-0.15, -0.1) is 11.3 Å². The predicted octanol–water partition coefficient (Wildman–Crippen LogP) is 6.55. The van der Waals surface area contributed by atoms with Crippen molar-refractivity contribution < 1.29 is 17.9 Å². The number of hydrogen-bond donors (Lipinski definition) is 1. The first-order valence-corrected chi connectivity index (χ1v) is 14.2. The molecule has 0 spiro atoms. The van der Waals surface area contributed by atoms with Gasteiger partial charge in [0.25, 0.3) is 0 Å². The van der Waals surface area contributed by atoms with Gasteiger partial charge in [0.2, 0.25) is 10.0 Å². The van der Waals surface area contributed by atoms with Crippen LogP contribution in [0, 0.1) is 5.92 Å². The van der Waals surface area contributed by atoms with Crippen molar-refractivity contribution in [3.8, 4) is 10.4 Å². The number of nitrogens with one attached hydrogen (secondary N) is 1. The number of rotatable bonds is 6. The van der Waals surface area contributed by atoms with Crippen LogP contribution in [0.15, 0.2) is 47.4 Å². The first kappa shape index (κ1) is 24.9. The summed E-state index contributed by atoms with van der Waals surface area (Å²) in [6, 6.07) is 13.1. The Balaban J connectivity index is 1.85. The van der Waals surface area contributed by atoms with Crippen molar-refractivity contribution >= 4 is 38.1 Å². The van der Waals surface area contributed by atoms with Crippen molar-refractivity contribution in [1.82, 2.24) is 4.72 Å². The molecule has 1 aromatic heterocycles. The molecule has 1 aliphatic carbocycles. The summed E-state index contributed by atoms with van der Waals surface area (Å²) in [5.41, 5.74) is 1.51. The lowest BCUT2D eigenvalue weighted by Crippen LogP contribution is -2.40. The summed E-state index contributed by atoms with van der Waals surface area (Å²) in [6.07, 6.45) is 7.14. The molecule has 1 fully saturated rings. The number of benzene rings is 2. The fourth-order valence-corrected chi connectivity index (χ4v) is 7.65. The number of carbonyl (C=O) groups is 1. The largest absolute Gasteiger partial charge is 0.465 e. The van der Waals surface area contributed by atoms with E-state index in [9.17, 15) is 13.2 Å². The Kier molecular flexibility index (Phi) is 7.17. The summed E-state index contributed by atoms with van der Waals surface area (Å²) >= 11 is 1.43. The number of ether oxygens (including phenoxy) is 1. The third-order valence-corrected chi connectivity index (χ3v) is 9.29. The number of methoxy groups -OCH3 is 1. The smallest absolute Gasteiger partial charge is 0.348 e. The Morgan fingerprint density at radius 3 is 2.38 bits per heavy atom. The quantitative estimate of drug-likeness (QED) is 0.390. The van der Waals surface area contributed by atoms with Crippen LogP contribution >= 0.6 is 11.3 Å². The van der Waals surface area contributed by atoms with Crippen LogP contribution in [0.2, 0.25) is 0 Å². The minimum absolute atomic E-state index is 0.264. The second-order valence-electron chi connectivity index (χ2n) is 10.2. The highest BCUT2D eigenvalue weighted by atomic mass is 32.2. The van der Waals surface area contributed by atoms with Gasteiger partial charge in [0.05, 0.1) is 12.0 Å². The molecule has 7 heteroatoms. The molecule has 0 unspecified atom stereocenters. The second-order valence-corrected chi connectivity index (χ2v) is 12.9. The maximum absolute atomic E-state index is 13.2. The van der Waals surface area contributed by atoms with Crippen molar-refractivity contribution in [3.05, 3.63) is 52.9 Å².